The molecule has 0 radical (unpaired) electrons. The van der Waals surface area contributed by atoms with E-state index < -0.39 is 0 Å². The summed E-state index contributed by atoms with van der Waals surface area (Å²) in [6.45, 7) is 14.6. The Morgan fingerprint density at radius 3 is 2.47 bits per heavy atom. The molecule has 1 N–H and O–H groups in total. The van der Waals surface area contributed by atoms with Crippen LogP contribution in [0.15, 0.2) is 0 Å². The quantitative estimate of drug-likeness (QED) is 0.796. The minimum Gasteiger partial charge on any atom is -0.314 e. The Hall–Kier alpha value is -0.120. The molecule has 0 bridgehead atoms. The molecular formula is C16H33N3. The van der Waals surface area contributed by atoms with Gasteiger partial charge in [-0.2, -0.15) is 0 Å². The first-order chi connectivity index (χ1) is 9.19. The molecule has 0 spiro atoms. The molecule has 0 saturated carbocycles. The molecule has 0 aliphatic carbocycles. The lowest BCUT2D eigenvalue weighted by Crippen LogP contribution is -2.44. The highest BCUT2D eigenvalue weighted by Crippen LogP contribution is 2.24. The topological polar surface area (TPSA) is 18.5 Å². The average molecular weight is 267 g/mol. The molecule has 2 rings (SSSR count). The molecule has 0 amide bonds. The molecule has 19 heavy (non-hydrogen) atoms. The third-order valence-electron chi connectivity index (χ3n) is 4.75. The molecule has 0 aromatic carbocycles. The second-order valence-electron chi connectivity index (χ2n) is 6.79. The van der Waals surface area contributed by atoms with Gasteiger partial charge < -0.3 is 10.2 Å². The van der Waals surface area contributed by atoms with Crippen LogP contribution < -0.4 is 5.32 Å². The summed E-state index contributed by atoms with van der Waals surface area (Å²) in [5.41, 5.74) is 0. The van der Waals surface area contributed by atoms with E-state index in [-0.39, 0.29) is 0 Å². The van der Waals surface area contributed by atoms with Crippen molar-refractivity contribution in [2.45, 2.75) is 58.5 Å². The fraction of sp³-hybridized carbons (Fsp3) is 1.00. The summed E-state index contributed by atoms with van der Waals surface area (Å²) in [5.74, 6) is 0.885. The third kappa shape index (κ3) is 4.73. The molecular weight excluding hydrogens is 234 g/mol. The molecule has 2 fully saturated rings. The van der Waals surface area contributed by atoms with E-state index >= 15 is 0 Å². The van der Waals surface area contributed by atoms with E-state index in [1.807, 2.05) is 0 Å². The van der Waals surface area contributed by atoms with E-state index in [0.29, 0.717) is 6.04 Å². The molecule has 2 saturated heterocycles. The predicted octanol–water partition coefficient (Wildman–Crippen LogP) is 2.18. The first-order valence-electron chi connectivity index (χ1n) is 8.38. The fourth-order valence-electron chi connectivity index (χ4n) is 3.59. The smallest absolute Gasteiger partial charge is 0.0120 e. The summed E-state index contributed by atoms with van der Waals surface area (Å²) in [6.07, 6.45) is 5.49. The Bertz CT molecular complexity index is 246. The van der Waals surface area contributed by atoms with Gasteiger partial charge in [-0.1, -0.05) is 20.8 Å². The Morgan fingerprint density at radius 1 is 1.11 bits per heavy atom. The Labute approximate surface area is 119 Å². The van der Waals surface area contributed by atoms with Gasteiger partial charge in [0.05, 0.1) is 0 Å². The van der Waals surface area contributed by atoms with Crippen molar-refractivity contribution in [1.82, 2.24) is 15.1 Å². The Morgan fingerprint density at radius 2 is 1.84 bits per heavy atom. The summed E-state index contributed by atoms with van der Waals surface area (Å²) >= 11 is 0. The zero-order valence-corrected chi connectivity index (χ0v) is 13.2. The van der Waals surface area contributed by atoms with E-state index in [4.69, 9.17) is 0 Å². The maximum atomic E-state index is 3.60. The van der Waals surface area contributed by atoms with Crippen molar-refractivity contribution in [2.24, 2.45) is 5.92 Å². The van der Waals surface area contributed by atoms with Crippen LogP contribution in [0.5, 0.6) is 0 Å². The minimum atomic E-state index is 0.631. The van der Waals surface area contributed by atoms with Crippen LogP contribution in [0.1, 0.15) is 46.5 Å². The van der Waals surface area contributed by atoms with Gasteiger partial charge in [0, 0.05) is 18.6 Å². The van der Waals surface area contributed by atoms with Crippen LogP contribution in [-0.4, -0.2) is 61.2 Å². The van der Waals surface area contributed by atoms with E-state index in [1.165, 1.54) is 65.0 Å². The normalized spacial score (nSPS) is 27.5. The van der Waals surface area contributed by atoms with Gasteiger partial charge in [0.2, 0.25) is 0 Å². The van der Waals surface area contributed by atoms with Gasteiger partial charge in [-0.3, -0.25) is 4.90 Å². The van der Waals surface area contributed by atoms with Crippen LogP contribution in [0.3, 0.4) is 0 Å². The van der Waals surface area contributed by atoms with E-state index in [9.17, 15) is 0 Å². The number of hydrogen-bond donors (Lipinski definition) is 1. The first-order valence-corrected chi connectivity index (χ1v) is 8.38. The molecule has 1 unspecified atom stereocenters. The monoisotopic (exact) mass is 267 g/mol. The lowest BCUT2D eigenvalue weighted by atomic mass is 10.0. The molecule has 112 valence electrons. The number of piperidine rings is 1. The van der Waals surface area contributed by atoms with Crippen molar-refractivity contribution in [3.05, 3.63) is 0 Å². The van der Waals surface area contributed by atoms with Crippen molar-refractivity contribution in [2.75, 3.05) is 39.3 Å². The largest absolute Gasteiger partial charge is 0.314 e. The second-order valence-corrected chi connectivity index (χ2v) is 6.79. The third-order valence-corrected chi connectivity index (χ3v) is 4.75. The maximum Gasteiger partial charge on any atom is 0.0120 e. The second kappa shape index (κ2) is 7.61. The highest BCUT2D eigenvalue weighted by molar-refractivity contribution is 4.86. The van der Waals surface area contributed by atoms with Gasteiger partial charge in [-0.15, -0.1) is 0 Å². The molecule has 1 atom stereocenters. The van der Waals surface area contributed by atoms with Crippen LogP contribution in [-0.2, 0) is 0 Å². The number of nitrogens with one attached hydrogen (secondary N) is 1. The highest BCUT2D eigenvalue weighted by atomic mass is 15.2. The maximum absolute atomic E-state index is 3.60. The van der Waals surface area contributed by atoms with E-state index in [0.717, 1.165) is 12.0 Å². The van der Waals surface area contributed by atoms with Gasteiger partial charge in [0.1, 0.15) is 0 Å². The Kier molecular flexibility index (Phi) is 6.11. The van der Waals surface area contributed by atoms with Crippen LogP contribution in [0.2, 0.25) is 0 Å². The van der Waals surface area contributed by atoms with Crippen molar-refractivity contribution in [1.29, 1.82) is 0 Å². The lowest BCUT2D eigenvalue weighted by Gasteiger charge is -2.36. The molecule has 2 aliphatic heterocycles. The first kappa shape index (κ1) is 15.3. The van der Waals surface area contributed by atoms with Gasteiger partial charge in [-0.25, -0.2) is 0 Å². The zero-order chi connectivity index (χ0) is 13.7. The molecule has 3 heteroatoms. The van der Waals surface area contributed by atoms with Gasteiger partial charge in [0.15, 0.2) is 0 Å². The minimum absolute atomic E-state index is 0.631. The van der Waals surface area contributed by atoms with Gasteiger partial charge in [0.25, 0.3) is 0 Å². The van der Waals surface area contributed by atoms with Crippen molar-refractivity contribution < 1.29 is 0 Å². The van der Waals surface area contributed by atoms with Crippen LogP contribution in [0.4, 0.5) is 0 Å². The molecule has 3 nitrogen and oxygen atoms in total. The van der Waals surface area contributed by atoms with Crippen molar-refractivity contribution in [3.63, 3.8) is 0 Å². The van der Waals surface area contributed by atoms with Crippen molar-refractivity contribution in [3.8, 4) is 0 Å². The average Bonchev–Trinajstić information content (AvgIpc) is 2.86. The molecule has 0 aromatic rings. The van der Waals surface area contributed by atoms with Crippen molar-refractivity contribution >= 4 is 0 Å². The predicted molar refractivity (Wildman–Crippen MR) is 82.6 cm³/mol. The fourth-order valence-corrected chi connectivity index (χ4v) is 3.59. The van der Waals surface area contributed by atoms with E-state index in [1.54, 1.807) is 0 Å². The standard InChI is InChI=1S/C16H33N3/c1-4-8-18-9-6-16(7-10-18)19-11-5-15(13-19)12-17-14(2)3/h14-17H,4-13H2,1-3H3. The number of hydrogen-bond acceptors (Lipinski definition) is 3. The van der Waals surface area contributed by atoms with Crippen LogP contribution >= 0.6 is 0 Å². The number of likely N-dealkylation sites (tertiary alicyclic amines) is 2. The summed E-state index contributed by atoms with van der Waals surface area (Å²) in [4.78, 5) is 5.42. The summed E-state index contributed by atoms with van der Waals surface area (Å²) < 4.78 is 0. The SMILES string of the molecule is CCCN1CCC(N2CCC(CNC(C)C)C2)CC1. The molecule has 2 heterocycles. The summed E-state index contributed by atoms with van der Waals surface area (Å²) in [7, 11) is 0. The zero-order valence-electron chi connectivity index (χ0n) is 13.2. The lowest BCUT2D eigenvalue weighted by molar-refractivity contribution is 0.124. The van der Waals surface area contributed by atoms with Gasteiger partial charge in [-0.05, 0) is 64.3 Å². The Balaban J connectivity index is 1.67. The van der Waals surface area contributed by atoms with Crippen LogP contribution in [0.25, 0.3) is 0 Å². The number of nitrogens with zero attached hydrogens (tertiary/aromatic N) is 2. The summed E-state index contributed by atoms with van der Waals surface area (Å²) in [5, 5.41) is 3.60. The van der Waals surface area contributed by atoms with E-state index in [2.05, 4.69) is 35.9 Å². The molecule has 0 aromatic heterocycles. The van der Waals surface area contributed by atoms with Gasteiger partial charge >= 0.3 is 0 Å². The summed E-state index contributed by atoms with van der Waals surface area (Å²) in [6, 6.07) is 1.50. The molecule has 2 aliphatic rings. The number of rotatable bonds is 6. The highest BCUT2D eigenvalue weighted by Gasteiger charge is 2.30. The van der Waals surface area contributed by atoms with Crippen LogP contribution in [0, 0.1) is 5.92 Å².